The van der Waals surface area contributed by atoms with Gasteiger partial charge in [0.15, 0.2) is 0 Å². The highest BCUT2D eigenvalue weighted by atomic mass is 19.1. The van der Waals surface area contributed by atoms with Crippen LogP contribution in [0.2, 0.25) is 0 Å². The van der Waals surface area contributed by atoms with E-state index in [0.29, 0.717) is 18.3 Å². The molecule has 3 rings (SSSR count). The number of aliphatic carboxylic acids is 1. The van der Waals surface area contributed by atoms with Crippen molar-refractivity contribution < 1.29 is 19.0 Å². The molecule has 1 aliphatic carbocycles. The number of hydrogen-bond acceptors (Lipinski definition) is 2. The van der Waals surface area contributed by atoms with Gasteiger partial charge >= 0.3 is 5.97 Å². The topological polar surface area (TPSA) is 46.5 Å². The van der Waals surface area contributed by atoms with Gasteiger partial charge in [0, 0.05) is 6.42 Å². The highest BCUT2D eigenvalue weighted by Crippen LogP contribution is 2.39. The van der Waals surface area contributed by atoms with E-state index in [2.05, 4.69) is 20.8 Å². The molecule has 0 radical (unpaired) electrons. The molecule has 0 atom stereocenters. The van der Waals surface area contributed by atoms with E-state index in [1.807, 2.05) is 30.3 Å². The maximum absolute atomic E-state index is 14.1. The lowest BCUT2D eigenvalue weighted by Gasteiger charge is -2.36. The number of benzene rings is 2. The second kappa shape index (κ2) is 10.3. The highest BCUT2D eigenvalue weighted by molar-refractivity contribution is 5.66. The summed E-state index contributed by atoms with van der Waals surface area (Å²) in [7, 11) is 0. The van der Waals surface area contributed by atoms with Crippen LogP contribution in [0.15, 0.2) is 42.5 Å². The molecule has 168 valence electrons. The summed E-state index contributed by atoms with van der Waals surface area (Å²) in [5.41, 5.74) is 3.06. The summed E-state index contributed by atoms with van der Waals surface area (Å²) >= 11 is 0. The first-order valence-corrected chi connectivity index (χ1v) is 11.5. The SMILES string of the molecule is CC(C)(C)C1CCC(Oc2ccc(-c3cc(F)cc(CCCCC(=O)O)c3)cc2)CC1. The van der Waals surface area contributed by atoms with Crippen LogP contribution in [0.5, 0.6) is 5.75 Å². The average molecular weight is 427 g/mol. The zero-order chi connectivity index (χ0) is 22.4. The number of carboxylic acid groups (broad SMARTS) is 1. The molecule has 2 aromatic rings. The fourth-order valence-electron chi connectivity index (χ4n) is 4.53. The lowest BCUT2D eigenvalue weighted by molar-refractivity contribution is -0.137. The van der Waals surface area contributed by atoms with Gasteiger partial charge in [-0.15, -0.1) is 0 Å². The number of carbonyl (C=O) groups is 1. The predicted molar refractivity (Wildman–Crippen MR) is 123 cm³/mol. The Morgan fingerprint density at radius 3 is 2.29 bits per heavy atom. The lowest BCUT2D eigenvalue weighted by atomic mass is 9.72. The molecule has 3 nitrogen and oxygen atoms in total. The Labute approximate surface area is 185 Å². The Balaban J connectivity index is 1.58. The molecular weight excluding hydrogens is 391 g/mol. The van der Waals surface area contributed by atoms with Gasteiger partial charge in [0.2, 0.25) is 0 Å². The van der Waals surface area contributed by atoms with E-state index in [-0.39, 0.29) is 18.3 Å². The fourth-order valence-corrected chi connectivity index (χ4v) is 4.53. The van der Waals surface area contributed by atoms with Crippen LogP contribution in [0.4, 0.5) is 4.39 Å². The van der Waals surface area contributed by atoms with Crippen LogP contribution < -0.4 is 4.74 Å². The van der Waals surface area contributed by atoms with Crippen molar-refractivity contribution in [3.8, 4) is 16.9 Å². The van der Waals surface area contributed by atoms with Crippen LogP contribution in [-0.4, -0.2) is 17.2 Å². The molecule has 0 saturated heterocycles. The van der Waals surface area contributed by atoms with Gasteiger partial charge in [0.05, 0.1) is 6.10 Å². The molecule has 4 heteroatoms. The molecule has 0 aromatic heterocycles. The van der Waals surface area contributed by atoms with Crippen LogP contribution in [0.25, 0.3) is 11.1 Å². The normalized spacial score (nSPS) is 19.2. The first-order chi connectivity index (χ1) is 14.7. The second-order valence-corrected chi connectivity index (χ2v) is 9.93. The third-order valence-corrected chi connectivity index (χ3v) is 6.45. The molecule has 1 fully saturated rings. The number of aryl methyl sites for hydroxylation is 1. The Bertz CT molecular complexity index is 859. The molecule has 0 spiro atoms. The first kappa shape index (κ1) is 23.3. The van der Waals surface area contributed by atoms with Gasteiger partial charge in [0.25, 0.3) is 0 Å². The van der Waals surface area contributed by atoms with Gasteiger partial charge in [-0.3, -0.25) is 4.79 Å². The number of ether oxygens (including phenoxy) is 1. The van der Waals surface area contributed by atoms with Crippen molar-refractivity contribution in [3.63, 3.8) is 0 Å². The molecule has 0 aliphatic heterocycles. The van der Waals surface area contributed by atoms with Crippen LogP contribution in [-0.2, 0) is 11.2 Å². The summed E-state index contributed by atoms with van der Waals surface area (Å²) in [6.45, 7) is 6.97. The van der Waals surface area contributed by atoms with E-state index in [1.165, 1.54) is 18.9 Å². The summed E-state index contributed by atoms with van der Waals surface area (Å²) in [5.74, 6) is 0.584. The van der Waals surface area contributed by atoms with Crippen molar-refractivity contribution in [2.45, 2.75) is 78.2 Å². The van der Waals surface area contributed by atoms with Crippen LogP contribution in [0.1, 0.15) is 71.3 Å². The quantitative estimate of drug-likeness (QED) is 0.451. The summed E-state index contributed by atoms with van der Waals surface area (Å²) in [5, 5.41) is 8.75. The predicted octanol–water partition coefficient (Wildman–Crippen LogP) is 7.27. The van der Waals surface area contributed by atoms with Crippen LogP contribution >= 0.6 is 0 Å². The third-order valence-electron chi connectivity index (χ3n) is 6.45. The molecule has 2 aromatic carbocycles. The van der Waals surface area contributed by atoms with E-state index in [0.717, 1.165) is 47.6 Å². The standard InChI is InChI=1S/C27H35FO3/c1-27(2,3)22-10-14-25(15-11-22)31-24-12-8-20(9-13-24)21-16-19(17-23(28)18-21)6-4-5-7-26(29)30/h8-9,12-13,16-18,22,25H,4-7,10-11,14-15H2,1-3H3,(H,29,30). The molecule has 1 aliphatic rings. The van der Waals surface area contributed by atoms with Crippen molar-refractivity contribution in [2.75, 3.05) is 0 Å². The summed E-state index contributed by atoms with van der Waals surface area (Å²) in [6.07, 6.45) is 7.06. The average Bonchev–Trinajstić information content (AvgIpc) is 2.71. The molecule has 0 unspecified atom stereocenters. The number of hydrogen-bond donors (Lipinski definition) is 1. The van der Waals surface area contributed by atoms with E-state index < -0.39 is 5.97 Å². The van der Waals surface area contributed by atoms with E-state index in [9.17, 15) is 9.18 Å². The first-order valence-electron chi connectivity index (χ1n) is 11.5. The van der Waals surface area contributed by atoms with Gasteiger partial charge < -0.3 is 9.84 Å². The zero-order valence-electron chi connectivity index (χ0n) is 19.0. The maximum atomic E-state index is 14.1. The van der Waals surface area contributed by atoms with Crippen molar-refractivity contribution in [1.29, 1.82) is 0 Å². The van der Waals surface area contributed by atoms with Crippen LogP contribution in [0.3, 0.4) is 0 Å². The molecular formula is C27H35FO3. The second-order valence-electron chi connectivity index (χ2n) is 9.93. The Morgan fingerprint density at radius 1 is 1.00 bits per heavy atom. The van der Waals surface area contributed by atoms with Crippen LogP contribution in [0, 0.1) is 17.2 Å². The third kappa shape index (κ3) is 7.09. The maximum Gasteiger partial charge on any atom is 0.303 e. The lowest BCUT2D eigenvalue weighted by Crippen LogP contribution is -2.30. The van der Waals surface area contributed by atoms with Gasteiger partial charge in [0.1, 0.15) is 11.6 Å². The largest absolute Gasteiger partial charge is 0.490 e. The smallest absolute Gasteiger partial charge is 0.303 e. The minimum atomic E-state index is -0.788. The minimum absolute atomic E-state index is 0.154. The molecule has 0 heterocycles. The number of rotatable bonds is 8. The zero-order valence-corrected chi connectivity index (χ0v) is 19.0. The van der Waals surface area contributed by atoms with E-state index in [4.69, 9.17) is 9.84 Å². The molecule has 1 saturated carbocycles. The Kier molecular flexibility index (Phi) is 7.74. The van der Waals surface area contributed by atoms with Gasteiger partial charge in [-0.25, -0.2) is 4.39 Å². The van der Waals surface area contributed by atoms with Crippen molar-refractivity contribution in [3.05, 3.63) is 53.8 Å². The Hall–Kier alpha value is -2.36. The van der Waals surface area contributed by atoms with E-state index >= 15 is 0 Å². The molecule has 0 bridgehead atoms. The van der Waals surface area contributed by atoms with Gasteiger partial charge in [-0.1, -0.05) is 39.0 Å². The minimum Gasteiger partial charge on any atom is -0.490 e. The van der Waals surface area contributed by atoms with Crippen molar-refractivity contribution in [1.82, 2.24) is 0 Å². The van der Waals surface area contributed by atoms with Crippen molar-refractivity contribution in [2.24, 2.45) is 11.3 Å². The Morgan fingerprint density at radius 2 is 1.68 bits per heavy atom. The number of halogens is 1. The summed E-state index contributed by atoms with van der Waals surface area (Å²) < 4.78 is 20.4. The number of unbranched alkanes of at least 4 members (excludes halogenated alkanes) is 1. The monoisotopic (exact) mass is 426 g/mol. The summed E-state index contributed by atoms with van der Waals surface area (Å²) in [6, 6.07) is 13.0. The molecule has 0 amide bonds. The molecule has 31 heavy (non-hydrogen) atoms. The fraction of sp³-hybridized carbons (Fsp3) is 0.519. The van der Waals surface area contributed by atoms with E-state index in [1.54, 1.807) is 6.07 Å². The summed E-state index contributed by atoms with van der Waals surface area (Å²) in [4.78, 5) is 10.6. The molecule has 1 N–H and O–H groups in total. The highest BCUT2D eigenvalue weighted by Gasteiger charge is 2.30. The van der Waals surface area contributed by atoms with Gasteiger partial charge in [-0.2, -0.15) is 0 Å². The van der Waals surface area contributed by atoms with Gasteiger partial charge in [-0.05, 0) is 97.2 Å². The van der Waals surface area contributed by atoms with Crippen molar-refractivity contribution >= 4 is 5.97 Å². The number of carboxylic acids is 1.